The summed E-state index contributed by atoms with van der Waals surface area (Å²) in [5, 5.41) is 7.60. The molecule has 0 unspecified atom stereocenters. The van der Waals surface area contributed by atoms with Crippen molar-refractivity contribution in [3.8, 4) is 5.69 Å². The maximum Gasteiger partial charge on any atom is 0.284 e. The van der Waals surface area contributed by atoms with E-state index in [1.165, 1.54) is 18.3 Å². The summed E-state index contributed by atoms with van der Waals surface area (Å²) in [5.41, 5.74) is 2.08. The van der Waals surface area contributed by atoms with E-state index in [1.54, 1.807) is 41.9 Å². The van der Waals surface area contributed by atoms with Crippen LogP contribution < -0.4 is 5.32 Å². The normalized spacial score (nSPS) is 15.3. The molecule has 3 aromatic rings. The van der Waals surface area contributed by atoms with Crippen LogP contribution in [-0.4, -0.2) is 48.4 Å². The van der Waals surface area contributed by atoms with Gasteiger partial charge in [-0.3, -0.25) is 4.79 Å². The van der Waals surface area contributed by atoms with Gasteiger partial charge in [0, 0.05) is 30.7 Å². The Labute approximate surface area is 191 Å². The summed E-state index contributed by atoms with van der Waals surface area (Å²) in [4.78, 5) is 14.7. The zero-order valence-electron chi connectivity index (χ0n) is 17.6. The van der Waals surface area contributed by atoms with Crippen LogP contribution in [0.3, 0.4) is 0 Å². The van der Waals surface area contributed by atoms with Crippen LogP contribution in [0.4, 0.5) is 5.69 Å². The number of benzene rings is 2. The summed E-state index contributed by atoms with van der Waals surface area (Å²) in [6.45, 7) is 2.56. The molecule has 0 saturated carbocycles. The monoisotopic (exact) mass is 471 g/mol. The second-order valence-corrected chi connectivity index (χ2v) is 9.57. The molecule has 1 aliphatic rings. The molecule has 1 saturated heterocycles. The lowest BCUT2D eigenvalue weighted by Crippen LogP contribution is -2.20. The van der Waals surface area contributed by atoms with Gasteiger partial charge in [-0.25, -0.2) is 4.68 Å². The minimum atomic E-state index is -3.88. The molecule has 2 aromatic carbocycles. The first kappa shape index (κ1) is 22.0. The van der Waals surface area contributed by atoms with Gasteiger partial charge in [0.2, 0.25) is 0 Å². The first-order chi connectivity index (χ1) is 15.2. The number of amides is 1. The van der Waals surface area contributed by atoms with Gasteiger partial charge in [-0.05, 0) is 49.7 Å². The van der Waals surface area contributed by atoms with Crippen molar-refractivity contribution in [2.45, 2.75) is 24.7 Å². The Morgan fingerprint density at radius 3 is 2.69 bits per heavy atom. The van der Waals surface area contributed by atoms with E-state index in [4.69, 9.17) is 11.6 Å². The fraction of sp³-hybridized carbons (Fsp3) is 0.227. The van der Waals surface area contributed by atoms with Crippen LogP contribution in [0.2, 0.25) is 5.02 Å². The van der Waals surface area contributed by atoms with Gasteiger partial charge in [-0.1, -0.05) is 23.7 Å². The molecule has 0 aliphatic carbocycles. The van der Waals surface area contributed by atoms with Crippen molar-refractivity contribution in [3.63, 3.8) is 0 Å². The number of likely N-dealkylation sites (tertiary alicyclic amines) is 1. The zero-order chi connectivity index (χ0) is 22.9. The SMILES string of the molecule is Cc1c(C(=O)Nc2cccc(S(=O)(=O)/N=C3\CCCN3C)c2)cnn1-c1cccc(Cl)c1. The Bertz CT molecular complexity index is 1320. The topological polar surface area (TPSA) is 96.7 Å². The number of aromatic nitrogens is 2. The predicted octanol–water partition coefficient (Wildman–Crippen LogP) is 3.90. The van der Waals surface area contributed by atoms with Crippen molar-refractivity contribution >= 4 is 39.1 Å². The van der Waals surface area contributed by atoms with E-state index in [-0.39, 0.29) is 4.90 Å². The Balaban J connectivity index is 1.56. The summed E-state index contributed by atoms with van der Waals surface area (Å²) < 4.78 is 31.1. The average Bonchev–Trinajstić information content (AvgIpc) is 3.33. The van der Waals surface area contributed by atoms with E-state index in [0.717, 1.165) is 18.7 Å². The van der Waals surface area contributed by atoms with Gasteiger partial charge < -0.3 is 10.2 Å². The zero-order valence-corrected chi connectivity index (χ0v) is 19.2. The molecule has 1 amide bonds. The molecule has 0 atom stereocenters. The number of nitrogens with zero attached hydrogens (tertiary/aromatic N) is 4. The summed E-state index contributed by atoms with van der Waals surface area (Å²) in [6.07, 6.45) is 2.97. The number of amidine groups is 1. The lowest BCUT2D eigenvalue weighted by atomic mass is 10.2. The molecular weight excluding hydrogens is 450 g/mol. The number of carbonyl (C=O) groups excluding carboxylic acids is 1. The van der Waals surface area contributed by atoms with Gasteiger partial charge in [0.15, 0.2) is 0 Å². The predicted molar refractivity (Wildman–Crippen MR) is 124 cm³/mol. The number of sulfonamides is 1. The van der Waals surface area contributed by atoms with Crippen LogP contribution in [-0.2, 0) is 10.0 Å². The van der Waals surface area contributed by atoms with Gasteiger partial charge in [0.05, 0.1) is 28.0 Å². The second kappa shape index (κ2) is 8.76. The summed E-state index contributed by atoms with van der Waals surface area (Å²) in [6, 6.07) is 13.2. The third-order valence-corrected chi connectivity index (χ3v) is 6.79. The molecule has 4 rings (SSSR count). The van der Waals surface area contributed by atoms with Crippen molar-refractivity contribution in [3.05, 3.63) is 71.0 Å². The van der Waals surface area contributed by atoms with Crippen LogP contribution in [0.5, 0.6) is 0 Å². The fourth-order valence-electron chi connectivity index (χ4n) is 3.53. The van der Waals surface area contributed by atoms with Gasteiger partial charge in [-0.2, -0.15) is 13.5 Å². The Kier molecular flexibility index (Phi) is 6.03. The number of anilines is 1. The van der Waals surface area contributed by atoms with Crippen LogP contribution in [0, 0.1) is 6.92 Å². The van der Waals surface area contributed by atoms with Crippen LogP contribution in [0.25, 0.3) is 5.69 Å². The molecule has 0 spiro atoms. The fourth-order valence-corrected chi connectivity index (χ4v) is 4.86. The number of halogens is 1. The summed E-state index contributed by atoms with van der Waals surface area (Å²) >= 11 is 6.06. The maximum absolute atomic E-state index is 12.9. The van der Waals surface area contributed by atoms with E-state index >= 15 is 0 Å². The Morgan fingerprint density at radius 1 is 1.19 bits per heavy atom. The first-order valence-electron chi connectivity index (χ1n) is 10.0. The largest absolute Gasteiger partial charge is 0.362 e. The van der Waals surface area contributed by atoms with Gasteiger partial charge in [0.1, 0.15) is 5.84 Å². The minimum Gasteiger partial charge on any atom is -0.362 e. The molecule has 0 radical (unpaired) electrons. The maximum atomic E-state index is 12.9. The van der Waals surface area contributed by atoms with Crippen LogP contribution in [0.15, 0.2) is 64.0 Å². The highest BCUT2D eigenvalue weighted by molar-refractivity contribution is 7.90. The van der Waals surface area contributed by atoms with Crippen LogP contribution in [0.1, 0.15) is 28.9 Å². The lowest BCUT2D eigenvalue weighted by Gasteiger charge is -2.11. The summed E-state index contributed by atoms with van der Waals surface area (Å²) in [5.74, 6) is 0.149. The first-order valence-corrected chi connectivity index (χ1v) is 11.8. The van der Waals surface area contributed by atoms with Gasteiger partial charge >= 0.3 is 0 Å². The number of nitrogens with one attached hydrogen (secondary N) is 1. The van der Waals surface area contributed by atoms with Gasteiger partial charge in [-0.15, -0.1) is 4.40 Å². The number of hydrogen-bond donors (Lipinski definition) is 1. The highest BCUT2D eigenvalue weighted by Gasteiger charge is 2.21. The standard InChI is InChI=1S/C22H22ClN5O3S/c1-15-20(14-24-28(15)18-8-3-6-16(23)12-18)22(29)25-17-7-4-9-19(13-17)32(30,31)26-21-10-5-11-27(21)2/h3-4,6-9,12-14H,5,10-11H2,1-2H3,(H,25,29)/b26-21+. The van der Waals surface area contributed by atoms with Gasteiger partial charge in [0.25, 0.3) is 15.9 Å². The smallest absolute Gasteiger partial charge is 0.284 e. The molecule has 1 aromatic heterocycles. The molecule has 0 bridgehead atoms. The van der Waals surface area contributed by atoms with Crippen molar-refractivity contribution in [2.24, 2.45) is 4.40 Å². The van der Waals surface area contributed by atoms with E-state index < -0.39 is 15.9 Å². The van der Waals surface area contributed by atoms with Crippen molar-refractivity contribution in [2.75, 3.05) is 18.9 Å². The molecule has 1 fully saturated rings. The summed E-state index contributed by atoms with van der Waals surface area (Å²) in [7, 11) is -2.05. The van der Waals surface area contributed by atoms with Crippen molar-refractivity contribution in [1.29, 1.82) is 0 Å². The molecule has 10 heteroatoms. The molecular formula is C22H22ClN5O3S. The van der Waals surface area contributed by atoms with E-state index in [2.05, 4.69) is 14.8 Å². The average molecular weight is 472 g/mol. The molecule has 1 N–H and O–H groups in total. The number of carbonyl (C=O) groups is 1. The molecule has 2 heterocycles. The lowest BCUT2D eigenvalue weighted by molar-refractivity contribution is 0.102. The molecule has 1 aliphatic heterocycles. The highest BCUT2D eigenvalue weighted by atomic mass is 35.5. The van der Waals surface area contributed by atoms with Crippen LogP contribution >= 0.6 is 11.6 Å². The number of hydrogen-bond acceptors (Lipinski definition) is 4. The molecule has 8 nitrogen and oxygen atoms in total. The quantitative estimate of drug-likeness (QED) is 0.608. The van der Waals surface area contributed by atoms with E-state index in [9.17, 15) is 13.2 Å². The Hall–Kier alpha value is -3.17. The van der Waals surface area contributed by atoms with E-state index in [0.29, 0.717) is 34.2 Å². The third kappa shape index (κ3) is 4.53. The van der Waals surface area contributed by atoms with Crippen molar-refractivity contribution in [1.82, 2.24) is 14.7 Å². The molecule has 32 heavy (non-hydrogen) atoms. The minimum absolute atomic E-state index is 0.0226. The number of rotatable bonds is 5. The highest BCUT2D eigenvalue weighted by Crippen LogP contribution is 2.22. The third-order valence-electron chi connectivity index (χ3n) is 5.26. The van der Waals surface area contributed by atoms with E-state index in [1.807, 2.05) is 18.0 Å². The van der Waals surface area contributed by atoms with Crippen molar-refractivity contribution < 1.29 is 13.2 Å². The molecule has 166 valence electrons. The second-order valence-electron chi connectivity index (χ2n) is 7.52. The Morgan fingerprint density at radius 2 is 1.97 bits per heavy atom.